The summed E-state index contributed by atoms with van der Waals surface area (Å²) in [6, 6.07) is 0. The average molecular weight is 410 g/mol. The van der Waals surface area contributed by atoms with Crippen molar-refractivity contribution in [2.24, 2.45) is 0 Å². The van der Waals surface area contributed by atoms with E-state index in [1.807, 2.05) is 0 Å². The maximum atomic E-state index is 13.5. The fourth-order valence-electron chi connectivity index (χ4n) is 1.75. The summed E-state index contributed by atoms with van der Waals surface area (Å²) in [6.07, 6.45) is -5.35. The molecule has 1 rings (SSSR count). The summed E-state index contributed by atoms with van der Waals surface area (Å²) in [6.45, 7) is 1.96. The molecule has 0 atom stereocenters. The molecule has 140 valence electrons. The predicted molar refractivity (Wildman–Crippen MR) is 75.9 cm³/mol. The second kappa shape index (κ2) is 7.69. The van der Waals surface area contributed by atoms with Crippen LogP contribution in [0.2, 0.25) is 5.02 Å². The summed E-state index contributed by atoms with van der Waals surface area (Å²) >= 11 is 10.4. The Balaban J connectivity index is 3.92. The number of carbonyl (C=O) groups is 2. The molecule has 1 heterocycles. The van der Waals surface area contributed by atoms with E-state index >= 15 is 0 Å². The summed E-state index contributed by atoms with van der Waals surface area (Å²) in [5, 5.41) is -5.73. The van der Waals surface area contributed by atoms with E-state index in [4.69, 9.17) is 23.2 Å². The SMILES string of the molecule is CCOC(=O)c1c(C(F)(F)F)nc(C(F)(F)Cl)c(C(=O)OCC)c1Cl. The second-order valence-corrected chi connectivity index (χ2v) is 5.16. The number of carbonyl (C=O) groups excluding carboxylic acids is 2. The highest BCUT2D eigenvalue weighted by Crippen LogP contribution is 2.42. The van der Waals surface area contributed by atoms with Crippen molar-refractivity contribution in [3.05, 3.63) is 27.5 Å². The molecule has 0 amide bonds. The van der Waals surface area contributed by atoms with Crippen molar-refractivity contribution in [3.8, 4) is 0 Å². The summed E-state index contributed by atoms with van der Waals surface area (Å²) in [7, 11) is 0. The van der Waals surface area contributed by atoms with Crippen molar-refractivity contribution in [2.45, 2.75) is 25.4 Å². The van der Waals surface area contributed by atoms with Gasteiger partial charge in [-0.15, -0.1) is 0 Å². The average Bonchev–Trinajstić information content (AvgIpc) is 2.44. The van der Waals surface area contributed by atoms with Gasteiger partial charge in [0, 0.05) is 0 Å². The molecular weight excluding hydrogens is 400 g/mol. The lowest BCUT2D eigenvalue weighted by molar-refractivity contribution is -0.142. The van der Waals surface area contributed by atoms with Crippen molar-refractivity contribution >= 4 is 35.1 Å². The predicted octanol–water partition coefficient (Wildman–Crippen LogP) is 4.40. The number of halogens is 7. The molecular formula is C13H10Cl2F5NO4. The molecule has 0 saturated heterocycles. The summed E-state index contributed by atoms with van der Waals surface area (Å²) in [4.78, 5) is 26.4. The normalized spacial score (nSPS) is 12.0. The van der Waals surface area contributed by atoms with Crippen LogP contribution in [0.3, 0.4) is 0 Å². The third-order valence-electron chi connectivity index (χ3n) is 2.63. The number of hydrogen-bond acceptors (Lipinski definition) is 5. The largest absolute Gasteiger partial charge is 0.462 e. The topological polar surface area (TPSA) is 65.5 Å². The lowest BCUT2D eigenvalue weighted by Gasteiger charge is -2.19. The molecule has 0 radical (unpaired) electrons. The number of ether oxygens (including phenoxy) is 2. The molecule has 0 spiro atoms. The molecule has 0 bridgehead atoms. The van der Waals surface area contributed by atoms with Crippen molar-refractivity contribution in [1.82, 2.24) is 4.98 Å². The first-order valence-corrected chi connectivity index (χ1v) is 7.33. The standard InChI is InChI=1S/C13H10Cl2F5NO4/c1-3-24-10(22)5-7(14)6(11(23)25-4-2)9(13(18,19)20)21-8(5)12(15,16)17/h3-4H2,1-2H3. The van der Waals surface area contributed by atoms with Gasteiger partial charge in [0.05, 0.1) is 18.2 Å². The molecule has 0 aliphatic rings. The molecule has 0 aromatic carbocycles. The van der Waals surface area contributed by atoms with E-state index in [2.05, 4.69) is 14.5 Å². The van der Waals surface area contributed by atoms with Crippen LogP contribution in [0.5, 0.6) is 0 Å². The number of nitrogens with zero attached hydrogens (tertiary/aromatic N) is 1. The van der Waals surface area contributed by atoms with E-state index in [1.165, 1.54) is 13.8 Å². The Morgan fingerprint density at radius 3 is 1.68 bits per heavy atom. The maximum Gasteiger partial charge on any atom is 0.434 e. The Bertz CT molecular complexity index is 634. The molecule has 1 aromatic rings. The minimum absolute atomic E-state index is 0.307. The van der Waals surface area contributed by atoms with E-state index in [0.29, 0.717) is 0 Å². The number of esters is 2. The zero-order chi connectivity index (χ0) is 19.6. The van der Waals surface area contributed by atoms with Crippen LogP contribution in [-0.2, 0) is 21.0 Å². The minimum atomic E-state index is -5.35. The lowest BCUT2D eigenvalue weighted by atomic mass is 10.1. The molecule has 0 saturated carbocycles. The Morgan fingerprint density at radius 1 is 0.960 bits per heavy atom. The van der Waals surface area contributed by atoms with Gasteiger partial charge in [-0.25, -0.2) is 14.6 Å². The number of pyridine rings is 1. The van der Waals surface area contributed by atoms with Gasteiger partial charge in [0.15, 0.2) is 5.69 Å². The van der Waals surface area contributed by atoms with Crippen LogP contribution in [0.1, 0.15) is 46.0 Å². The highest BCUT2D eigenvalue weighted by molar-refractivity contribution is 6.37. The molecule has 0 aliphatic heterocycles. The lowest BCUT2D eigenvalue weighted by Crippen LogP contribution is -2.25. The van der Waals surface area contributed by atoms with Crippen LogP contribution in [0.4, 0.5) is 22.0 Å². The fourth-order valence-corrected chi connectivity index (χ4v) is 2.22. The van der Waals surface area contributed by atoms with E-state index in [-0.39, 0.29) is 13.2 Å². The number of hydrogen-bond donors (Lipinski definition) is 0. The zero-order valence-electron chi connectivity index (χ0n) is 12.6. The zero-order valence-corrected chi connectivity index (χ0v) is 14.2. The minimum Gasteiger partial charge on any atom is -0.462 e. The van der Waals surface area contributed by atoms with Crippen molar-refractivity contribution in [2.75, 3.05) is 13.2 Å². The smallest absolute Gasteiger partial charge is 0.434 e. The van der Waals surface area contributed by atoms with Crippen LogP contribution < -0.4 is 0 Å². The Hall–Kier alpha value is -1.68. The fraction of sp³-hybridized carbons (Fsp3) is 0.462. The van der Waals surface area contributed by atoms with Gasteiger partial charge in [-0.1, -0.05) is 11.6 Å². The molecule has 0 N–H and O–H groups in total. The maximum absolute atomic E-state index is 13.5. The van der Waals surface area contributed by atoms with E-state index < -0.39 is 51.0 Å². The third-order valence-corrected chi connectivity index (χ3v) is 3.19. The third kappa shape index (κ3) is 4.69. The molecule has 1 aromatic heterocycles. The molecule has 0 fully saturated rings. The monoisotopic (exact) mass is 409 g/mol. The van der Waals surface area contributed by atoms with Crippen molar-refractivity contribution in [3.63, 3.8) is 0 Å². The van der Waals surface area contributed by atoms with E-state index in [9.17, 15) is 31.5 Å². The van der Waals surface area contributed by atoms with Gasteiger partial charge in [-0.3, -0.25) is 0 Å². The van der Waals surface area contributed by atoms with E-state index in [0.717, 1.165) is 0 Å². The van der Waals surface area contributed by atoms with Gasteiger partial charge in [0.25, 0.3) is 0 Å². The Morgan fingerprint density at radius 2 is 1.36 bits per heavy atom. The highest BCUT2D eigenvalue weighted by Gasteiger charge is 2.46. The Labute approximate surface area is 148 Å². The van der Waals surface area contributed by atoms with Gasteiger partial charge in [-0.05, 0) is 25.4 Å². The molecule has 12 heteroatoms. The molecule has 25 heavy (non-hydrogen) atoms. The van der Waals surface area contributed by atoms with Crippen molar-refractivity contribution < 1.29 is 41.0 Å². The number of alkyl halides is 6. The molecule has 5 nitrogen and oxygen atoms in total. The van der Waals surface area contributed by atoms with Crippen LogP contribution in [0.15, 0.2) is 0 Å². The molecule has 0 unspecified atom stereocenters. The van der Waals surface area contributed by atoms with E-state index in [1.54, 1.807) is 0 Å². The summed E-state index contributed by atoms with van der Waals surface area (Å²) in [5.74, 6) is -3.11. The Kier molecular flexibility index (Phi) is 6.57. The van der Waals surface area contributed by atoms with Gasteiger partial charge in [0.2, 0.25) is 0 Å². The number of aromatic nitrogens is 1. The van der Waals surface area contributed by atoms with Gasteiger partial charge in [-0.2, -0.15) is 22.0 Å². The molecule has 0 aliphatic carbocycles. The van der Waals surface area contributed by atoms with Crippen LogP contribution in [0, 0.1) is 0 Å². The van der Waals surface area contributed by atoms with Gasteiger partial charge in [0.1, 0.15) is 16.8 Å². The first-order chi connectivity index (χ1) is 11.4. The van der Waals surface area contributed by atoms with Gasteiger partial charge < -0.3 is 9.47 Å². The highest BCUT2D eigenvalue weighted by atomic mass is 35.5. The first kappa shape index (κ1) is 21.4. The van der Waals surface area contributed by atoms with Crippen molar-refractivity contribution in [1.29, 1.82) is 0 Å². The van der Waals surface area contributed by atoms with Crippen LogP contribution >= 0.6 is 23.2 Å². The van der Waals surface area contributed by atoms with Crippen LogP contribution in [-0.4, -0.2) is 30.1 Å². The van der Waals surface area contributed by atoms with Gasteiger partial charge >= 0.3 is 23.5 Å². The summed E-state index contributed by atoms with van der Waals surface area (Å²) in [5.41, 5.74) is -6.47. The van der Waals surface area contributed by atoms with Crippen LogP contribution in [0.25, 0.3) is 0 Å². The first-order valence-electron chi connectivity index (χ1n) is 6.58. The number of rotatable bonds is 5. The quantitative estimate of drug-likeness (QED) is 0.409. The second-order valence-electron chi connectivity index (χ2n) is 4.31. The summed E-state index contributed by atoms with van der Waals surface area (Å²) < 4.78 is 75.3.